The largest absolute Gasteiger partial charge is 4.00 e. The molecule has 0 radical (unpaired) electrons. The van der Waals surface area contributed by atoms with Crippen LogP contribution in [-0.4, -0.2) is 39.3 Å². The minimum Gasteiger partial charge on any atom is -0.663 e. The summed E-state index contributed by atoms with van der Waals surface area (Å²) < 4.78 is 0. The Hall–Kier alpha value is -0.0557. The third-order valence-corrected chi connectivity index (χ3v) is 2.89. The minimum absolute atomic E-state index is 0. The van der Waals surface area contributed by atoms with E-state index in [-0.39, 0.29) is 21.7 Å². The van der Waals surface area contributed by atoms with E-state index in [0.717, 1.165) is 39.3 Å². The summed E-state index contributed by atoms with van der Waals surface area (Å²) in [5.41, 5.74) is 1.48. The van der Waals surface area contributed by atoms with Crippen LogP contribution in [0.5, 0.6) is 0 Å². The summed E-state index contributed by atoms with van der Waals surface area (Å²) in [7, 11) is 0. The molecule has 0 bridgehead atoms. The van der Waals surface area contributed by atoms with Gasteiger partial charge in [-0.1, -0.05) is 67.7 Å². The molecule has 25 heavy (non-hydrogen) atoms. The second-order valence-corrected chi connectivity index (χ2v) is 4.96. The van der Waals surface area contributed by atoms with Crippen LogP contribution < -0.4 is 0 Å². The fraction of sp³-hybridized carbons (Fsp3) is 0.762. The first kappa shape index (κ1) is 32.6. The standard InChI is InChI=1S/C9H13.3C4H10N.Ti/c1-2-3-6-9-7-4-5-8-9;3*1-3-5-4-2;/h4-5,7-8H,2-3,6H2,1H3;3*3-4H2,1-2H3;/q4*-1;+4. The fourth-order valence-corrected chi connectivity index (χ4v) is 1.63. The molecule has 0 fully saturated rings. The maximum atomic E-state index is 3.97. The molecule has 0 unspecified atom stereocenters. The molecule has 0 aliphatic rings. The molecule has 0 saturated heterocycles. The van der Waals surface area contributed by atoms with Crippen LogP contribution >= 0.6 is 0 Å². The van der Waals surface area contributed by atoms with Crippen molar-refractivity contribution in [2.75, 3.05) is 39.3 Å². The Labute approximate surface area is 174 Å². The van der Waals surface area contributed by atoms with Crippen LogP contribution in [0.25, 0.3) is 16.0 Å². The van der Waals surface area contributed by atoms with Crippen molar-refractivity contribution >= 4 is 0 Å². The van der Waals surface area contributed by atoms with E-state index in [1.807, 2.05) is 41.5 Å². The van der Waals surface area contributed by atoms with Gasteiger partial charge >= 0.3 is 21.7 Å². The molecule has 0 heterocycles. The van der Waals surface area contributed by atoms with Crippen molar-refractivity contribution in [3.63, 3.8) is 0 Å². The Bertz CT molecular complexity index is 244. The Morgan fingerprint density at radius 2 is 0.920 bits per heavy atom. The van der Waals surface area contributed by atoms with Crippen molar-refractivity contribution in [1.29, 1.82) is 0 Å². The van der Waals surface area contributed by atoms with Gasteiger partial charge in [0.25, 0.3) is 0 Å². The van der Waals surface area contributed by atoms with Crippen LogP contribution in [0.15, 0.2) is 24.3 Å². The van der Waals surface area contributed by atoms with Gasteiger partial charge in [-0.2, -0.15) is 57.0 Å². The maximum Gasteiger partial charge on any atom is 4.00 e. The topological polar surface area (TPSA) is 42.3 Å². The minimum atomic E-state index is 0. The van der Waals surface area contributed by atoms with E-state index in [9.17, 15) is 0 Å². The SMILES string of the molecule is CCCC[c-]1cccc1.CC[N-]CC.CC[N-]CC.CC[N-]CC.[Ti+4]. The third-order valence-electron chi connectivity index (χ3n) is 2.89. The summed E-state index contributed by atoms with van der Waals surface area (Å²) in [6.07, 6.45) is 3.87. The molecule has 0 aliphatic carbocycles. The molecule has 0 spiro atoms. The van der Waals surface area contributed by atoms with Crippen LogP contribution in [0.1, 0.15) is 66.9 Å². The van der Waals surface area contributed by atoms with E-state index in [1.54, 1.807) is 0 Å². The van der Waals surface area contributed by atoms with Gasteiger partial charge in [0.05, 0.1) is 0 Å². The first-order chi connectivity index (χ1) is 11.7. The third kappa shape index (κ3) is 40.2. The molecule has 1 aromatic carbocycles. The van der Waals surface area contributed by atoms with Crippen LogP contribution in [0.3, 0.4) is 0 Å². The van der Waals surface area contributed by atoms with Gasteiger partial charge in [0, 0.05) is 0 Å². The summed E-state index contributed by atoms with van der Waals surface area (Å²) in [5, 5.41) is 11.9. The molecule has 0 N–H and O–H groups in total. The number of hydrogen-bond donors (Lipinski definition) is 0. The van der Waals surface area contributed by atoms with Crippen LogP contribution in [0, 0.1) is 0 Å². The number of hydrogen-bond acceptors (Lipinski definition) is 0. The predicted octanol–water partition coefficient (Wildman–Crippen LogP) is 6.95. The maximum absolute atomic E-state index is 3.97. The summed E-state index contributed by atoms with van der Waals surface area (Å²) in [5.74, 6) is 0. The van der Waals surface area contributed by atoms with Crippen molar-refractivity contribution in [2.45, 2.75) is 67.7 Å². The predicted molar refractivity (Wildman–Crippen MR) is 114 cm³/mol. The van der Waals surface area contributed by atoms with Crippen LogP contribution in [0.2, 0.25) is 0 Å². The van der Waals surface area contributed by atoms with E-state index in [0.29, 0.717) is 0 Å². The second kappa shape index (κ2) is 35.1. The zero-order valence-corrected chi connectivity index (χ0v) is 19.6. The van der Waals surface area contributed by atoms with Gasteiger partial charge in [-0.25, -0.2) is 12.1 Å². The Morgan fingerprint density at radius 3 is 1.12 bits per heavy atom. The molecule has 4 heteroatoms. The van der Waals surface area contributed by atoms with E-state index < -0.39 is 0 Å². The molecular weight excluding hydrogens is 342 g/mol. The average Bonchev–Trinajstić information content (AvgIpc) is 3.10. The first-order valence-corrected chi connectivity index (χ1v) is 9.78. The van der Waals surface area contributed by atoms with Gasteiger partial charge in [-0.05, 0) is 0 Å². The van der Waals surface area contributed by atoms with E-state index >= 15 is 0 Å². The molecule has 146 valence electrons. The van der Waals surface area contributed by atoms with Crippen LogP contribution in [-0.2, 0) is 28.1 Å². The monoisotopic (exact) mass is 385 g/mol. The summed E-state index contributed by atoms with van der Waals surface area (Å²) in [4.78, 5) is 0. The zero-order valence-electron chi connectivity index (χ0n) is 18.0. The van der Waals surface area contributed by atoms with Crippen molar-refractivity contribution in [1.82, 2.24) is 0 Å². The Balaban J connectivity index is -0.000000122. The smallest absolute Gasteiger partial charge is 0.663 e. The van der Waals surface area contributed by atoms with E-state index in [4.69, 9.17) is 0 Å². The normalized spacial score (nSPS) is 8.60. The van der Waals surface area contributed by atoms with Crippen LogP contribution in [0.4, 0.5) is 0 Å². The zero-order chi connectivity index (χ0) is 18.9. The van der Waals surface area contributed by atoms with Gasteiger partial charge in [-0.3, -0.25) is 0 Å². The van der Waals surface area contributed by atoms with Gasteiger partial charge < -0.3 is 16.0 Å². The first-order valence-electron chi connectivity index (χ1n) is 9.78. The number of nitrogens with zero attached hydrogens (tertiary/aromatic N) is 3. The fourth-order valence-electron chi connectivity index (χ4n) is 1.63. The molecule has 1 rings (SSSR count). The average molecular weight is 385 g/mol. The Kier molecular flexibility index (Phi) is 45.8. The Morgan fingerprint density at radius 1 is 0.600 bits per heavy atom. The quantitative estimate of drug-likeness (QED) is 0.326. The van der Waals surface area contributed by atoms with Gasteiger partial charge in [0.2, 0.25) is 0 Å². The molecule has 0 atom stereocenters. The molecule has 0 aliphatic heterocycles. The van der Waals surface area contributed by atoms with E-state index in [2.05, 4.69) is 47.1 Å². The van der Waals surface area contributed by atoms with Crippen molar-refractivity contribution in [3.05, 3.63) is 45.8 Å². The van der Waals surface area contributed by atoms with Crippen molar-refractivity contribution in [3.8, 4) is 0 Å². The molecule has 3 nitrogen and oxygen atoms in total. The van der Waals surface area contributed by atoms with Crippen molar-refractivity contribution < 1.29 is 21.7 Å². The molecule has 0 aromatic heterocycles. The molecule has 1 aromatic rings. The van der Waals surface area contributed by atoms with Crippen molar-refractivity contribution in [2.24, 2.45) is 0 Å². The summed E-state index contributed by atoms with van der Waals surface area (Å²) in [6.45, 7) is 20.3. The number of aryl methyl sites for hydroxylation is 1. The molecule has 0 saturated carbocycles. The van der Waals surface area contributed by atoms with Gasteiger partial charge in [0.1, 0.15) is 0 Å². The molecule has 0 amide bonds. The number of unbranched alkanes of at least 4 members (excludes halogenated alkanes) is 1. The molecular formula is C21H43N3Ti. The summed E-state index contributed by atoms with van der Waals surface area (Å²) in [6, 6.07) is 8.58. The van der Waals surface area contributed by atoms with E-state index in [1.165, 1.54) is 24.8 Å². The summed E-state index contributed by atoms with van der Waals surface area (Å²) >= 11 is 0. The number of rotatable bonds is 9. The van der Waals surface area contributed by atoms with Gasteiger partial charge in [-0.15, -0.1) is 0 Å². The second-order valence-electron chi connectivity index (χ2n) is 4.96. The van der Waals surface area contributed by atoms with Gasteiger partial charge in [0.15, 0.2) is 0 Å².